The Morgan fingerprint density at radius 1 is 1.50 bits per heavy atom. The molecule has 1 aromatic carbocycles. The van der Waals surface area contributed by atoms with Crippen molar-refractivity contribution in [2.75, 3.05) is 0 Å². The first-order chi connectivity index (χ1) is 5.68. The number of ether oxygens (including phenoxy) is 1. The molecule has 12 heavy (non-hydrogen) atoms. The third-order valence-electron chi connectivity index (χ3n) is 2.25. The van der Waals surface area contributed by atoms with Crippen LogP contribution >= 0.6 is 11.6 Å². The highest BCUT2D eigenvalue weighted by molar-refractivity contribution is 6.31. The van der Waals surface area contributed by atoms with Gasteiger partial charge in [0, 0.05) is 17.0 Å². The van der Waals surface area contributed by atoms with Crippen molar-refractivity contribution in [2.24, 2.45) is 0 Å². The van der Waals surface area contributed by atoms with Gasteiger partial charge in [0.2, 0.25) is 0 Å². The molecule has 0 N–H and O–H groups in total. The summed E-state index contributed by atoms with van der Waals surface area (Å²) in [6.45, 7) is 4.08. The van der Waals surface area contributed by atoms with Crippen LogP contribution in [0.4, 0.5) is 0 Å². The topological polar surface area (TPSA) is 9.23 Å². The molecule has 1 aliphatic heterocycles. The van der Waals surface area contributed by atoms with Crippen LogP contribution in [0.3, 0.4) is 0 Å². The van der Waals surface area contributed by atoms with Gasteiger partial charge in [-0.25, -0.2) is 0 Å². The first-order valence-electron chi connectivity index (χ1n) is 4.13. The monoisotopic (exact) mass is 182 g/mol. The molecular weight excluding hydrogens is 172 g/mol. The van der Waals surface area contributed by atoms with Crippen LogP contribution in [0.25, 0.3) is 0 Å². The Morgan fingerprint density at radius 2 is 2.25 bits per heavy atom. The van der Waals surface area contributed by atoms with E-state index in [1.54, 1.807) is 0 Å². The molecule has 1 aliphatic rings. The highest BCUT2D eigenvalue weighted by Gasteiger charge is 2.21. The molecule has 0 saturated carbocycles. The van der Waals surface area contributed by atoms with Gasteiger partial charge in [0.25, 0.3) is 0 Å². The molecule has 0 aromatic heterocycles. The average molecular weight is 183 g/mol. The van der Waals surface area contributed by atoms with E-state index < -0.39 is 0 Å². The van der Waals surface area contributed by atoms with Gasteiger partial charge in [0.15, 0.2) is 0 Å². The van der Waals surface area contributed by atoms with Gasteiger partial charge in [-0.2, -0.15) is 0 Å². The summed E-state index contributed by atoms with van der Waals surface area (Å²) >= 11 is 5.96. The van der Waals surface area contributed by atoms with Crippen molar-refractivity contribution in [3.8, 4) is 5.75 Å². The van der Waals surface area contributed by atoms with Gasteiger partial charge in [-0.3, -0.25) is 0 Å². The quantitative estimate of drug-likeness (QED) is 0.600. The number of hydrogen-bond acceptors (Lipinski definition) is 1. The molecule has 64 valence electrons. The number of fused-ring (bicyclic) bond motifs is 1. The standard InChI is InChI=1S/C10H11ClO/c1-6-5-8-3-4-9(11)7(2)10(8)12-6/h3-4,6H,5H2,1-2H3/t6-/m0/s1. The minimum atomic E-state index is 0.303. The highest BCUT2D eigenvalue weighted by atomic mass is 35.5. The molecular formula is C10H11ClO. The van der Waals surface area contributed by atoms with E-state index in [9.17, 15) is 0 Å². The molecule has 0 bridgehead atoms. The van der Waals surface area contributed by atoms with Crippen molar-refractivity contribution in [1.82, 2.24) is 0 Å². The second-order valence-electron chi connectivity index (χ2n) is 3.29. The second kappa shape index (κ2) is 2.67. The van der Waals surface area contributed by atoms with Gasteiger partial charge in [-0.15, -0.1) is 0 Å². The molecule has 0 saturated heterocycles. The molecule has 0 aliphatic carbocycles. The van der Waals surface area contributed by atoms with Crippen LogP contribution in [0.15, 0.2) is 12.1 Å². The number of rotatable bonds is 0. The first kappa shape index (κ1) is 7.93. The van der Waals surface area contributed by atoms with Crippen molar-refractivity contribution in [3.63, 3.8) is 0 Å². The van der Waals surface area contributed by atoms with E-state index in [1.165, 1.54) is 5.56 Å². The Bertz CT molecular complexity index is 320. The molecule has 2 heteroatoms. The molecule has 0 radical (unpaired) electrons. The van der Waals surface area contributed by atoms with Crippen LogP contribution < -0.4 is 4.74 Å². The lowest BCUT2D eigenvalue weighted by molar-refractivity contribution is 0.253. The molecule has 1 atom stereocenters. The summed E-state index contributed by atoms with van der Waals surface area (Å²) in [6.07, 6.45) is 1.31. The maximum absolute atomic E-state index is 5.96. The Morgan fingerprint density at radius 3 is 3.00 bits per heavy atom. The summed E-state index contributed by atoms with van der Waals surface area (Å²) in [6, 6.07) is 3.99. The Labute approximate surface area is 77.3 Å². The summed E-state index contributed by atoms with van der Waals surface area (Å²) in [7, 11) is 0. The number of hydrogen-bond donors (Lipinski definition) is 0. The fourth-order valence-corrected chi connectivity index (χ4v) is 1.75. The van der Waals surface area contributed by atoms with Crippen LogP contribution in [0, 0.1) is 6.92 Å². The molecule has 0 fully saturated rings. The van der Waals surface area contributed by atoms with Crippen molar-refractivity contribution in [3.05, 3.63) is 28.3 Å². The lowest BCUT2D eigenvalue weighted by Crippen LogP contribution is -2.05. The minimum Gasteiger partial charge on any atom is -0.490 e. The Hall–Kier alpha value is -0.690. The lowest BCUT2D eigenvalue weighted by Gasteiger charge is -2.06. The van der Waals surface area contributed by atoms with Crippen molar-refractivity contribution in [2.45, 2.75) is 26.4 Å². The maximum atomic E-state index is 5.96. The summed E-state index contributed by atoms with van der Waals surface area (Å²) in [4.78, 5) is 0. The third-order valence-corrected chi connectivity index (χ3v) is 2.66. The van der Waals surface area contributed by atoms with E-state index in [0.717, 1.165) is 22.8 Å². The molecule has 1 heterocycles. The molecule has 0 spiro atoms. The van der Waals surface area contributed by atoms with Gasteiger partial charge < -0.3 is 4.74 Å². The zero-order valence-electron chi connectivity index (χ0n) is 7.23. The summed E-state index contributed by atoms with van der Waals surface area (Å²) in [5, 5.41) is 0.794. The van der Waals surface area contributed by atoms with Crippen molar-refractivity contribution < 1.29 is 4.74 Å². The van der Waals surface area contributed by atoms with Crippen molar-refractivity contribution in [1.29, 1.82) is 0 Å². The number of halogens is 1. The zero-order chi connectivity index (χ0) is 8.72. The van der Waals surface area contributed by atoms with E-state index >= 15 is 0 Å². The van der Waals surface area contributed by atoms with Crippen molar-refractivity contribution >= 4 is 11.6 Å². The van der Waals surface area contributed by atoms with Crippen LogP contribution in [-0.2, 0) is 6.42 Å². The largest absolute Gasteiger partial charge is 0.490 e. The second-order valence-corrected chi connectivity index (χ2v) is 3.70. The average Bonchev–Trinajstić information content (AvgIpc) is 2.39. The van der Waals surface area contributed by atoms with Gasteiger partial charge in [-0.05, 0) is 25.5 Å². The zero-order valence-corrected chi connectivity index (χ0v) is 7.98. The fourth-order valence-electron chi connectivity index (χ4n) is 1.60. The van der Waals surface area contributed by atoms with Crippen LogP contribution in [0.5, 0.6) is 5.75 Å². The smallest absolute Gasteiger partial charge is 0.127 e. The minimum absolute atomic E-state index is 0.303. The lowest BCUT2D eigenvalue weighted by atomic mass is 10.1. The summed E-state index contributed by atoms with van der Waals surface area (Å²) < 4.78 is 5.63. The fraction of sp³-hybridized carbons (Fsp3) is 0.400. The summed E-state index contributed by atoms with van der Waals surface area (Å²) in [5.41, 5.74) is 2.35. The molecule has 2 rings (SSSR count). The predicted octanol–water partition coefficient (Wildman–Crippen LogP) is 2.97. The Balaban J connectivity index is 2.54. The maximum Gasteiger partial charge on any atom is 0.127 e. The molecule has 0 amide bonds. The van der Waals surface area contributed by atoms with Crippen LogP contribution in [-0.4, -0.2) is 6.10 Å². The normalized spacial score (nSPS) is 20.4. The van der Waals surface area contributed by atoms with Gasteiger partial charge in [0.1, 0.15) is 11.9 Å². The first-order valence-corrected chi connectivity index (χ1v) is 4.51. The van der Waals surface area contributed by atoms with E-state index in [1.807, 2.05) is 19.1 Å². The van der Waals surface area contributed by atoms with E-state index in [-0.39, 0.29) is 0 Å². The van der Waals surface area contributed by atoms with Gasteiger partial charge in [0.05, 0.1) is 0 Å². The van der Waals surface area contributed by atoms with Gasteiger partial charge >= 0.3 is 0 Å². The third kappa shape index (κ3) is 1.09. The van der Waals surface area contributed by atoms with E-state index in [2.05, 4.69) is 6.92 Å². The highest BCUT2D eigenvalue weighted by Crippen LogP contribution is 2.35. The van der Waals surface area contributed by atoms with E-state index in [0.29, 0.717) is 6.10 Å². The Kier molecular flexibility index (Phi) is 1.76. The number of benzene rings is 1. The molecule has 1 aromatic rings. The van der Waals surface area contributed by atoms with E-state index in [4.69, 9.17) is 16.3 Å². The SMILES string of the molecule is Cc1c(Cl)ccc2c1O[C@@H](C)C2. The van der Waals surface area contributed by atoms with Gasteiger partial charge in [-0.1, -0.05) is 17.7 Å². The van der Waals surface area contributed by atoms with Crippen LogP contribution in [0.2, 0.25) is 5.02 Å². The molecule has 1 nitrogen and oxygen atoms in total. The summed E-state index contributed by atoms with van der Waals surface area (Å²) in [5.74, 6) is 0.995. The molecule has 0 unspecified atom stereocenters. The predicted molar refractivity (Wildman–Crippen MR) is 50.0 cm³/mol. The van der Waals surface area contributed by atoms with Crippen LogP contribution in [0.1, 0.15) is 18.1 Å².